The van der Waals surface area contributed by atoms with Gasteiger partial charge in [0.1, 0.15) is 11.5 Å². The van der Waals surface area contributed by atoms with Crippen molar-refractivity contribution >= 4 is 17.5 Å². The molecule has 0 saturated heterocycles. The summed E-state index contributed by atoms with van der Waals surface area (Å²) in [7, 11) is 0. The molecule has 1 aliphatic rings. The van der Waals surface area contributed by atoms with Gasteiger partial charge in [-0.15, -0.1) is 0 Å². The molecule has 2 aromatic rings. The van der Waals surface area contributed by atoms with Gasteiger partial charge in [-0.05, 0) is 54.7 Å². The summed E-state index contributed by atoms with van der Waals surface area (Å²) in [4.78, 5) is 22.8. The summed E-state index contributed by atoms with van der Waals surface area (Å²) < 4.78 is 5.89. The van der Waals surface area contributed by atoms with Crippen molar-refractivity contribution in [3.05, 3.63) is 53.6 Å². The van der Waals surface area contributed by atoms with Crippen LogP contribution in [-0.2, 0) is 22.4 Å². The van der Waals surface area contributed by atoms with Crippen molar-refractivity contribution in [3.8, 4) is 11.5 Å². The van der Waals surface area contributed by atoms with Crippen molar-refractivity contribution in [2.24, 2.45) is 5.92 Å². The molecule has 0 fully saturated rings. The molecule has 0 saturated carbocycles. The van der Waals surface area contributed by atoms with Crippen molar-refractivity contribution in [1.29, 1.82) is 0 Å². The molecule has 2 amide bonds. The Morgan fingerprint density at radius 3 is 2.68 bits per heavy atom. The molecule has 1 unspecified atom stereocenters. The van der Waals surface area contributed by atoms with Crippen molar-refractivity contribution < 1.29 is 19.5 Å². The van der Waals surface area contributed by atoms with Crippen LogP contribution in [-0.4, -0.2) is 17.0 Å². The number of nitrogens with one attached hydrogen (secondary N) is 2. The summed E-state index contributed by atoms with van der Waals surface area (Å²) in [5.74, 6) is 0.574. The van der Waals surface area contributed by atoms with E-state index >= 15 is 0 Å². The number of hydroxylamine groups is 1. The fraction of sp³-hybridized carbons (Fsp3) is 0.263. The number of aryl methyl sites for hydroxylation is 1. The highest BCUT2D eigenvalue weighted by Gasteiger charge is 2.24. The largest absolute Gasteiger partial charge is 0.457 e. The van der Waals surface area contributed by atoms with Crippen LogP contribution in [0.2, 0.25) is 0 Å². The van der Waals surface area contributed by atoms with Gasteiger partial charge in [0.05, 0.1) is 0 Å². The van der Waals surface area contributed by atoms with E-state index in [-0.39, 0.29) is 17.7 Å². The zero-order valence-corrected chi connectivity index (χ0v) is 13.9. The summed E-state index contributed by atoms with van der Waals surface area (Å²) in [6.07, 6.45) is 2.09. The average molecular weight is 340 g/mol. The fourth-order valence-electron chi connectivity index (χ4n) is 3.09. The molecule has 0 aliphatic heterocycles. The molecular formula is C19H20N2O4. The molecule has 1 aliphatic carbocycles. The Hall–Kier alpha value is -2.86. The molecule has 0 bridgehead atoms. The maximum absolute atomic E-state index is 11.7. The molecule has 0 radical (unpaired) electrons. The van der Waals surface area contributed by atoms with Gasteiger partial charge in [-0.25, -0.2) is 5.48 Å². The average Bonchev–Trinajstić information content (AvgIpc) is 2.60. The number of amides is 2. The molecule has 3 N–H and O–H groups in total. The predicted molar refractivity (Wildman–Crippen MR) is 92.7 cm³/mol. The Morgan fingerprint density at radius 2 is 1.92 bits per heavy atom. The van der Waals surface area contributed by atoms with E-state index in [0.717, 1.165) is 18.4 Å². The lowest BCUT2D eigenvalue weighted by molar-refractivity contribution is -0.133. The van der Waals surface area contributed by atoms with E-state index in [2.05, 4.69) is 5.32 Å². The van der Waals surface area contributed by atoms with E-state index in [1.165, 1.54) is 12.5 Å². The first-order valence-electron chi connectivity index (χ1n) is 8.16. The van der Waals surface area contributed by atoms with Crippen molar-refractivity contribution in [1.82, 2.24) is 5.48 Å². The maximum Gasteiger partial charge on any atom is 0.246 e. The summed E-state index contributed by atoms with van der Waals surface area (Å²) in [5, 5.41) is 11.5. The molecule has 3 rings (SSSR count). The van der Waals surface area contributed by atoms with Crippen LogP contribution in [0.1, 0.15) is 24.5 Å². The second-order valence-electron chi connectivity index (χ2n) is 6.16. The second-order valence-corrected chi connectivity index (χ2v) is 6.16. The molecule has 0 heterocycles. The minimum absolute atomic E-state index is 0.140. The number of benzene rings is 2. The van der Waals surface area contributed by atoms with E-state index in [9.17, 15) is 9.59 Å². The Kier molecular flexibility index (Phi) is 5.00. The fourth-order valence-corrected chi connectivity index (χ4v) is 3.09. The van der Waals surface area contributed by atoms with Crippen LogP contribution in [0.4, 0.5) is 5.69 Å². The number of carbonyl (C=O) groups is 2. The van der Waals surface area contributed by atoms with Gasteiger partial charge < -0.3 is 10.1 Å². The highest BCUT2D eigenvalue weighted by atomic mass is 16.5. The Labute approximate surface area is 145 Å². The third-order valence-corrected chi connectivity index (χ3v) is 4.28. The van der Waals surface area contributed by atoms with Gasteiger partial charge in [0.25, 0.3) is 0 Å². The molecule has 6 nitrogen and oxygen atoms in total. The molecule has 130 valence electrons. The van der Waals surface area contributed by atoms with Crippen LogP contribution in [0.5, 0.6) is 11.5 Å². The Morgan fingerprint density at radius 1 is 1.12 bits per heavy atom. The van der Waals surface area contributed by atoms with Crippen LogP contribution in [0.15, 0.2) is 42.5 Å². The Balaban J connectivity index is 1.76. The van der Waals surface area contributed by atoms with E-state index in [1.807, 2.05) is 24.3 Å². The van der Waals surface area contributed by atoms with Crippen molar-refractivity contribution in [3.63, 3.8) is 0 Å². The standard InChI is InChI=1S/C19H20N2O4/c1-12(22)20-16-3-2-4-17(11-16)25-18-8-7-13-5-6-14(19(23)21-24)9-15(13)10-18/h2-4,7-8,10-11,14,24H,5-6,9H2,1H3,(H,20,22)(H,21,23). The van der Waals surface area contributed by atoms with Gasteiger partial charge in [0.15, 0.2) is 0 Å². The SMILES string of the molecule is CC(=O)Nc1cccc(Oc2ccc3c(c2)CC(C(=O)NO)CC3)c1. The number of fused-ring (bicyclic) bond motifs is 1. The summed E-state index contributed by atoms with van der Waals surface area (Å²) in [6.45, 7) is 1.45. The zero-order valence-electron chi connectivity index (χ0n) is 13.9. The minimum Gasteiger partial charge on any atom is -0.457 e. The summed E-state index contributed by atoms with van der Waals surface area (Å²) >= 11 is 0. The minimum atomic E-state index is -0.347. The van der Waals surface area contributed by atoms with Crippen LogP contribution in [0.25, 0.3) is 0 Å². The van der Waals surface area contributed by atoms with Crippen LogP contribution < -0.4 is 15.5 Å². The molecular weight excluding hydrogens is 320 g/mol. The first-order valence-corrected chi connectivity index (χ1v) is 8.16. The summed E-state index contributed by atoms with van der Waals surface area (Å²) in [6, 6.07) is 13.0. The number of hydrogen-bond donors (Lipinski definition) is 3. The normalized spacial score (nSPS) is 15.8. The van der Waals surface area contributed by atoms with Crippen molar-refractivity contribution in [2.75, 3.05) is 5.32 Å². The molecule has 25 heavy (non-hydrogen) atoms. The van der Waals surface area contributed by atoms with Gasteiger partial charge in [0, 0.05) is 24.6 Å². The number of hydrogen-bond acceptors (Lipinski definition) is 4. The monoisotopic (exact) mass is 340 g/mol. The van der Waals surface area contributed by atoms with Gasteiger partial charge in [-0.3, -0.25) is 14.8 Å². The molecule has 0 spiro atoms. The first-order chi connectivity index (χ1) is 12.0. The lowest BCUT2D eigenvalue weighted by Crippen LogP contribution is -2.31. The van der Waals surface area contributed by atoms with Gasteiger partial charge in [0.2, 0.25) is 11.8 Å². The zero-order chi connectivity index (χ0) is 17.8. The van der Waals surface area contributed by atoms with E-state index in [4.69, 9.17) is 9.94 Å². The second kappa shape index (κ2) is 7.36. The van der Waals surface area contributed by atoms with E-state index in [1.54, 1.807) is 23.7 Å². The number of anilines is 1. The van der Waals surface area contributed by atoms with Gasteiger partial charge >= 0.3 is 0 Å². The lowest BCUT2D eigenvalue weighted by Gasteiger charge is -2.23. The number of carbonyl (C=O) groups excluding carboxylic acids is 2. The van der Waals surface area contributed by atoms with Gasteiger partial charge in [-0.1, -0.05) is 12.1 Å². The molecule has 6 heteroatoms. The number of rotatable bonds is 4. The topological polar surface area (TPSA) is 87.7 Å². The maximum atomic E-state index is 11.7. The quantitative estimate of drug-likeness (QED) is 0.590. The Bertz CT molecular complexity index is 804. The van der Waals surface area contributed by atoms with Crippen LogP contribution in [0, 0.1) is 5.92 Å². The molecule has 0 aromatic heterocycles. The smallest absolute Gasteiger partial charge is 0.246 e. The summed E-state index contributed by atoms with van der Waals surface area (Å²) in [5.41, 5.74) is 4.65. The molecule has 2 aromatic carbocycles. The third kappa shape index (κ3) is 4.16. The first kappa shape index (κ1) is 17.0. The highest BCUT2D eigenvalue weighted by Crippen LogP contribution is 2.31. The van der Waals surface area contributed by atoms with Gasteiger partial charge in [-0.2, -0.15) is 0 Å². The predicted octanol–water partition coefficient (Wildman–Crippen LogP) is 3.05. The molecule has 1 atom stereocenters. The van der Waals surface area contributed by atoms with Crippen LogP contribution in [0.3, 0.4) is 0 Å². The van der Waals surface area contributed by atoms with E-state index in [0.29, 0.717) is 23.6 Å². The van der Waals surface area contributed by atoms with Crippen molar-refractivity contribution in [2.45, 2.75) is 26.2 Å². The van der Waals surface area contributed by atoms with E-state index < -0.39 is 0 Å². The lowest BCUT2D eigenvalue weighted by atomic mass is 9.83. The third-order valence-electron chi connectivity index (χ3n) is 4.28. The highest BCUT2D eigenvalue weighted by molar-refractivity contribution is 5.88. The van der Waals surface area contributed by atoms with Crippen LogP contribution >= 0.6 is 0 Å². The number of ether oxygens (including phenoxy) is 1.